The lowest BCUT2D eigenvalue weighted by molar-refractivity contribution is -0.385. The number of hydrogen-bond acceptors (Lipinski definition) is 6. The normalized spacial score (nSPS) is 26.1. The van der Waals surface area contributed by atoms with Gasteiger partial charge in [-0.15, -0.1) is 0 Å². The molecule has 1 aromatic rings. The van der Waals surface area contributed by atoms with E-state index < -0.39 is 4.92 Å². The van der Waals surface area contributed by atoms with E-state index in [1.54, 1.807) is 19.2 Å². The largest absolute Gasteiger partial charge is 0.496 e. The van der Waals surface area contributed by atoms with Crippen molar-refractivity contribution >= 4 is 11.7 Å². The number of methoxy groups -OCH3 is 2. The van der Waals surface area contributed by atoms with Crippen LogP contribution in [-0.4, -0.2) is 42.1 Å². The molecule has 2 aliphatic rings. The molecule has 0 aromatic heterocycles. The highest BCUT2D eigenvalue weighted by atomic mass is 16.6. The maximum atomic E-state index is 12.3. The van der Waals surface area contributed by atoms with Crippen molar-refractivity contribution in [2.75, 3.05) is 14.2 Å². The van der Waals surface area contributed by atoms with Gasteiger partial charge in [-0.3, -0.25) is 19.8 Å². The molecule has 0 N–H and O–H groups in total. The number of carbonyl (C=O) groups is 1. The fourth-order valence-electron chi connectivity index (χ4n) is 4.35. The number of fused-ring (bicyclic) bond motifs is 1. The molecule has 1 aliphatic carbocycles. The number of esters is 1. The summed E-state index contributed by atoms with van der Waals surface area (Å²) in [5.74, 6) is 0.870. The van der Waals surface area contributed by atoms with Crippen molar-refractivity contribution in [3.05, 3.63) is 33.9 Å². The van der Waals surface area contributed by atoms with Crippen LogP contribution in [0.25, 0.3) is 0 Å². The molecule has 1 heterocycles. The molecule has 25 heavy (non-hydrogen) atoms. The number of rotatable bonds is 5. The van der Waals surface area contributed by atoms with E-state index in [4.69, 9.17) is 9.47 Å². The van der Waals surface area contributed by atoms with Crippen LogP contribution >= 0.6 is 0 Å². The summed E-state index contributed by atoms with van der Waals surface area (Å²) in [4.78, 5) is 25.2. The number of ether oxygens (including phenoxy) is 2. The van der Waals surface area contributed by atoms with Crippen LogP contribution < -0.4 is 4.74 Å². The molecule has 136 valence electrons. The van der Waals surface area contributed by atoms with Crippen LogP contribution in [0.3, 0.4) is 0 Å². The van der Waals surface area contributed by atoms with Gasteiger partial charge in [0.25, 0.3) is 5.69 Å². The van der Waals surface area contributed by atoms with Gasteiger partial charge in [-0.2, -0.15) is 0 Å². The highest BCUT2D eigenvalue weighted by Gasteiger charge is 2.45. The van der Waals surface area contributed by atoms with Gasteiger partial charge in [0.1, 0.15) is 11.8 Å². The number of benzene rings is 1. The average Bonchev–Trinajstić information content (AvgIpc) is 2.99. The monoisotopic (exact) mass is 348 g/mol. The minimum Gasteiger partial charge on any atom is -0.496 e. The molecule has 0 unspecified atom stereocenters. The van der Waals surface area contributed by atoms with Crippen LogP contribution in [0.4, 0.5) is 5.69 Å². The van der Waals surface area contributed by atoms with Crippen LogP contribution in [0.2, 0.25) is 0 Å². The summed E-state index contributed by atoms with van der Waals surface area (Å²) in [5, 5.41) is 11.1. The van der Waals surface area contributed by atoms with Crippen LogP contribution in [-0.2, 0) is 16.1 Å². The number of nitrogens with zero attached hydrogens (tertiary/aromatic N) is 2. The smallest absolute Gasteiger partial charge is 0.323 e. The second-order valence-corrected chi connectivity index (χ2v) is 6.81. The SMILES string of the molecule is COC(=O)[C@@H]1C[C@H]2CCCC[C@H]2N1Cc1cc([N+](=O)[O-])ccc1OC. The summed E-state index contributed by atoms with van der Waals surface area (Å²) in [6.45, 7) is 0.450. The lowest BCUT2D eigenvalue weighted by atomic mass is 9.84. The average molecular weight is 348 g/mol. The number of nitro benzene ring substituents is 1. The molecule has 0 spiro atoms. The number of carbonyl (C=O) groups excluding carboxylic acids is 1. The molecule has 3 rings (SSSR count). The van der Waals surface area contributed by atoms with Crippen LogP contribution in [0.15, 0.2) is 18.2 Å². The third-order valence-electron chi connectivity index (χ3n) is 5.52. The Morgan fingerprint density at radius 1 is 1.32 bits per heavy atom. The number of hydrogen-bond donors (Lipinski definition) is 0. The van der Waals surface area contributed by atoms with Crippen molar-refractivity contribution in [2.45, 2.75) is 50.7 Å². The maximum absolute atomic E-state index is 12.3. The highest BCUT2D eigenvalue weighted by molar-refractivity contribution is 5.76. The van der Waals surface area contributed by atoms with Crippen LogP contribution in [0, 0.1) is 16.0 Å². The summed E-state index contributed by atoms with van der Waals surface area (Å²) in [7, 11) is 2.96. The van der Waals surface area contributed by atoms with Gasteiger partial charge in [0, 0.05) is 30.3 Å². The zero-order valence-corrected chi connectivity index (χ0v) is 14.6. The first-order valence-corrected chi connectivity index (χ1v) is 8.70. The van der Waals surface area contributed by atoms with Gasteiger partial charge in [0.15, 0.2) is 0 Å². The topological polar surface area (TPSA) is 81.9 Å². The fraction of sp³-hybridized carbons (Fsp3) is 0.611. The molecule has 3 atom stereocenters. The molecule has 1 saturated carbocycles. The van der Waals surface area contributed by atoms with Gasteiger partial charge in [-0.25, -0.2) is 0 Å². The molecule has 2 fully saturated rings. The molecule has 7 heteroatoms. The second-order valence-electron chi connectivity index (χ2n) is 6.81. The Bertz CT molecular complexity index is 663. The van der Waals surface area contributed by atoms with E-state index in [1.807, 2.05) is 0 Å². The van der Waals surface area contributed by atoms with E-state index in [0.717, 1.165) is 31.2 Å². The summed E-state index contributed by atoms with van der Waals surface area (Å²) in [6, 6.07) is 4.63. The maximum Gasteiger partial charge on any atom is 0.323 e. The molecule has 1 aliphatic heterocycles. The molecule has 1 aromatic carbocycles. The van der Waals surface area contributed by atoms with E-state index in [2.05, 4.69) is 4.90 Å². The van der Waals surface area contributed by atoms with Crippen molar-refractivity contribution < 1.29 is 19.2 Å². The van der Waals surface area contributed by atoms with E-state index in [-0.39, 0.29) is 17.7 Å². The molecular weight excluding hydrogens is 324 g/mol. The van der Waals surface area contributed by atoms with Crippen LogP contribution in [0.1, 0.15) is 37.7 Å². The van der Waals surface area contributed by atoms with Crippen molar-refractivity contribution in [2.24, 2.45) is 5.92 Å². The first kappa shape index (κ1) is 17.7. The first-order valence-electron chi connectivity index (χ1n) is 8.70. The van der Waals surface area contributed by atoms with Gasteiger partial charge in [-0.05, 0) is 31.2 Å². The van der Waals surface area contributed by atoms with E-state index in [0.29, 0.717) is 24.3 Å². The minimum atomic E-state index is -0.409. The van der Waals surface area contributed by atoms with Crippen molar-refractivity contribution in [1.82, 2.24) is 4.90 Å². The zero-order valence-electron chi connectivity index (χ0n) is 14.6. The Labute approximate surface area is 147 Å². The van der Waals surface area contributed by atoms with Gasteiger partial charge >= 0.3 is 5.97 Å². The predicted octanol–water partition coefficient (Wildman–Crippen LogP) is 2.91. The summed E-state index contributed by atoms with van der Waals surface area (Å²) in [5.41, 5.74) is 0.765. The Balaban J connectivity index is 1.91. The molecule has 0 amide bonds. The molecule has 7 nitrogen and oxygen atoms in total. The minimum absolute atomic E-state index is 0.0322. The Hall–Kier alpha value is -2.15. The number of likely N-dealkylation sites (tertiary alicyclic amines) is 1. The van der Waals surface area contributed by atoms with Crippen LogP contribution in [0.5, 0.6) is 5.75 Å². The molecule has 0 bridgehead atoms. The molecule has 0 radical (unpaired) electrons. The van der Waals surface area contributed by atoms with Gasteiger partial charge in [0.2, 0.25) is 0 Å². The Morgan fingerprint density at radius 2 is 2.08 bits per heavy atom. The van der Waals surface area contributed by atoms with Crippen molar-refractivity contribution in [3.63, 3.8) is 0 Å². The Kier molecular flexibility index (Phi) is 5.22. The lowest BCUT2D eigenvalue weighted by Crippen LogP contribution is -2.42. The number of nitro groups is 1. The van der Waals surface area contributed by atoms with E-state index in [1.165, 1.54) is 19.6 Å². The first-order chi connectivity index (χ1) is 12.0. The van der Waals surface area contributed by atoms with E-state index in [9.17, 15) is 14.9 Å². The summed E-state index contributed by atoms with van der Waals surface area (Å²) < 4.78 is 10.4. The fourth-order valence-corrected chi connectivity index (χ4v) is 4.35. The Morgan fingerprint density at radius 3 is 2.76 bits per heavy atom. The second kappa shape index (κ2) is 7.39. The molecule has 1 saturated heterocycles. The summed E-state index contributed by atoms with van der Waals surface area (Å²) in [6.07, 6.45) is 5.32. The predicted molar refractivity (Wildman–Crippen MR) is 91.4 cm³/mol. The quantitative estimate of drug-likeness (QED) is 0.462. The standard InChI is InChI=1S/C18H24N2O5/c1-24-17-8-7-14(20(22)23)9-13(17)11-19-15-6-4-3-5-12(15)10-16(19)18(21)25-2/h7-9,12,15-16H,3-6,10-11H2,1-2H3/t12-,15-,16+/m1/s1. The van der Waals surface area contributed by atoms with Gasteiger partial charge in [-0.1, -0.05) is 12.8 Å². The zero-order chi connectivity index (χ0) is 18.0. The molecular formula is C18H24N2O5. The van der Waals surface area contributed by atoms with Crippen molar-refractivity contribution in [1.29, 1.82) is 0 Å². The number of non-ortho nitro benzene ring substituents is 1. The van der Waals surface area contributed by atoms with Gasteiger partial charge < -0.3 is 9.47 Å². The third kappa shape index (κ3) is 3.46. The van der Waals surface area contributed by atoms with Gasteiger partial charge in [0.05, 0.1) is 19.1 Å². The summed E-state index contributed by atoms with van der Waals surface area (Å²) >= 11 is 0. The lowest BCUT2D eigenvalue weighted by Gasteiger charge is -2.33. The highest BCUT2D eigenvalue weighted by Crippen LogP contribution is 2.41. The van der Waals surface area contributed by atoms with Crippen molar-refractivity contribution in [3.8, 4) is 5.75 Å². The van der Waals surface area contributed by atoms with E-state index >= 15 is 0 Å². The third-order valence-corrected chi connectivity index (χ3v) is 5.52.